The number of nitrogens with one attached hydrogen (secondary N) is 1. The smallest absolute Gasteiger partial charge is 0.225 e. The number of carbonyl (C=O) groups excluding carboxylic acids is 1. The van der Waals surface area contributed by atoms with Crippen molar-refractivity contribution in [2.24, 2.45) is 5.92 Å². The highest BCUT2D eigenvalue weighted by Crippen LogP contribution is 2.22. The summed E-state index contributed by atoms with van der Waals surface area (Å²) in [7, 11) is 2.04. The van der Waals surface area contributed by atoms with Crippen molar-refractivity contribution >= 4 is 28.9 Å². The van der Waals surface area contributed by atoms with Gasteiger partial charge in [-0.25, -0.2) is 0 Å². The number of rotatable bonds is 7. The van der Waals surface area contributed by atoms with Gasteiger partial charge in [0.15, 0.2) is 0 Å². The molecule has 1 rings (SSSR count). The average Bonchev–Trinajstić information content (AvgIpc) is 2.38. The first kappa shape index (κ1) is 16.8. The Bertz CT molecular complexity index is 449. The summed E-state index contributed by atoms with van der Waals surface area (Å²) < 4.78 is 0. The van der Waals surface area contributed by atoms with Gasteiger partial charge in [0.05, 0.1) is 10.7 Å². The minimum atomic E-state index is -0.0110. The number of nitrogens with two attached hydrogens (primary N) is 1. The number of amides is 1. The molecule has 1 amide bonds. The lowest BCUT2D eigenvalue weighted by Gasteiger charge is -2.17. The standard InChI is InChI=1S/C15H24ClN3O/c1-11(2)6-8-19(3)9-7-15(20)18-12-4-5-13(16)14(17)10-12/h4-5,10-11H,6-9,17H2,1-3H3,(H,18,20). The number of carbonyl (C=O) groups is 1. The Morgan fingerprint density at radius 1 is 1.40 bits per heavy atom. The average molecular weight is 298 g/mol. The molecule has 0 bridgehead atoms. The van der Waals surface area contributed by atoms with Crippen LogP contribution in [0.3, 0.4) is 0 Å². The van der Waals surface area contributed by atoms with E-state index in [2.05, 4.69) is 24.1 Å². The molecular weight excluding hydrogens is 274 g/mol. The third-order valence-electron chi connectivity index (χ3n) is 3.09. The van der Waals surface area contributed by atoms with Gasteiger partial charge in [0, 0.05) is 18.7 Å². The fourth-order valence-corrected chi connectivity index (χ4v) is 1.85. The summed E-state index contributed by atoms with van der Waals surface area (Å²) >= 11 is 5.84. The van der Waals surface area contributed by atoms with E-state index in [9.17, 15) is 4.79 Å². The number of nitrogen functional groups attached to an aromatic ring is 1. The molecule has 0 unspecified atom stereocenters. The number of hydrogen-bond acceptors (Lipinski definition) is 3. The van der Waals surface area contributed by atoms with Gasteiger partial charge in [0.2, 0.25) is 5.91 Å². The van der Waals surface area contributed by atoms with Crippen molar-refractivity contribution in [1.82, 2.24) is 4.90 Å². The molecule has 4 nitrogen and oxygen atoms in total. The molecule has 1 aromatic rings. The van der Waals surface area contributed by atoms with Gasteiger partial charge in [-0.3, -0.25) is 4.79 Å². The zero-order valence-corrected chi connectivity index (χ0v) is 13.2. The Morgan fingerprint density at radius 2 is 2.10 bits per heavy atom. The second-order valence-electron chi connectivity index (χ2n) is 5.52. The maximum Gasteiger partial charge on any atom is 0.225 e. The Hall–Kier alpha value is -1.26. The quantitative estimate of drug-likeness (QED) is 0.760. The van der Waals surface area contributed by atoms with E-state index in [4.69, 9.17) is 17.3 Å². The second kappa shape index (κ2) is 8.12. The van der Waals surface area contributed by atoms with Gasteiger partial charge >= 0.3 is 0 Å². The zero-order chi connectivity index (χ0) is 15.1. The summed E-state index contributed by atoms with van der Waals surface area (Å²) in [6.45, 7) is 6.16. The first-order valence-corrected chi connectivity index (χ1v) is 7.29. The lowest BCUT2D eigenvalue weighted by Crippen LogP contribution is -2.26. The third kappa shape index (κ3) is 6.26. The van der Waals surface area contributed by atoms with Crippen LogP contribution in [0, 0.1) is 5.92 Å². The molecule has 0 aliphatic rings. The van der Waals surface area contributed by atoms with Crippen LogP contribution in [0.1, 0.15) is 26.7 Å². The van der Waals surface area contributed by atoms with Gasteiger partial charge in [-0.15, -0.1) is 0 Å². The highest BCUT2D eigenvalue weighted by Gasteiger charge is 2.07. The number of benzene rings is 1. The third-order valence-corrected chi connectivity index (χ3v) is 3.43. The molecule has 0 saturated carbocycles. The van der Waals surface area contributed by atoms with Crippen LogP contribution < -0.4 is 11.1 Å². The SMILES string of the molecule is CC(C)CCN(C)CCC(=O)Nc1ccc(Cl)c(N)c1. The lowest BCUT2D eigenvalue weighted by molar-refractivity contribution is -0.116. The van der Waals surface area contributed by atoms with E-state index in [1.165, 1.54) is 0 Å². The molecule has 0 aliphatic carbocycles. The summed E-state index contributed by atoms with van der Waals surface area (Å²) in [4.78, 5) is 14.0. The molecule has 0 saturated heterocycles. The second-order valence-corrected chi connectivity index (χ2v) is 5.93. The molecule has 0 aromatic heterocycles. The van der Waals surface area contributed by atoms with Crippen molar-refractivity contribution < 1.29 is 4.79 Å². The van der Waals surface area contributed by atoms with Crippen LogP contribution in [0.4, 0.5) is 11.4 Å². The van der Waals surface area contributed by atoms with Gasteiger partial charge in [0.1, 0.15) is 0 Å². The molecule has 0 heterocycles. The Kier molecular flexibility index (Phi) is 6.82. The normalized spacial score (nSPS) is 11.1. The molecule has 5 heteroatoms. The first-order chi connectivity index (χ1) is 9.38. The number of hydrogen-bond donors (Lipinski definition) is 2. The number of halogens is 1. The van der Waals surface area contributed by atoms with Gasteiger partial charge < -0.3 is 16.0 Å². The van der Waals surface area contributed by atoms with E-state index >= 15 is 0 Å². The van der Waals surface area contributed by atoms with Crippen molar-refractivity contribution in [2.75, 3.05) is 31.2 Å². The van der Waals surface area contributed by atoms with Crippen LogP contribution in [0.5, 0.6) is 0 Å². The molecule has 0 spiro atoms. The van der Waals surface area contributed by atoms with Gasteiger partial charge in [-0.05, 0) is 44.1 Å². The molecule has 3 N–H and O–H groups in total. The zero-order valence-electron chi connectivity index (χ0n) is 12.4. The summed E-state index contributed by atoms with van der Waals surface area (Å²) in [5, 5.41) is 3.32. The molecule has 0 fully saturated rings. The van der Waals surface area contributed by atoms with Crippen molar-refractivity contribution in [3.63, 3.8) is 0 Å². The molecule has 112 valence electrons. The highest BCUT2D eigenvalue weighted by molar-refractivity contribution is 6.33. The van der Waals surface area contributed by atoms with Crippen LogP contribution in [-0.4, -0.2) is 30.9 Å². The van der Waals surface area contributed by atoms with Crippen molar-refractivity contribution in [2.45, 2.75) is 26.7 Å². The fourth-order valence-electron chi connectivity index (χ4n) is 1.73. The van der Waals surface area contributed by atoms with E-state index in [1.54, 1.807) is 18.2 Å². The van der Waals surface area contributed by atoms with Crippen molar-refractivity contribution in [3.05, 3.63) is 23.2 Å². The predicted octanol–water partition coefficient (Wildman–Crippen LogP) is 3.23. The maximum absolute atomic E-state index is 11.8. The minimum Gasteiger partial charge on any atom is -0.397 e. The van der Waals surface area contributed by atoms with E-state index < -0.39 is 0 Å². The Labute approximate surface area is 126 Å². The summed E-state index contributed by atoms with van der Waals surface area (Å²) in [5.74, 6) is 0.673. The highest BCUT2D eigenvalue weighted by atomic mass is 35.5. The van der Waals surface area contributed by atoms with E-state index in [1.807, 2.05) is 7.05 Å². The maximum atomic E-state index is 11.8. The molecule has 0 atom stereocenters. The summed E-state index contributed by atoms with van der Waals surface area (Å²) in [6, 6.07) is 5.10. The van der Waals surface area contributed by atoms with Gasteiger partial charge in [-0.1, -0.05) is 25.4 Å². The molecule has 0 aliphatic heterocycles. The van der Waals surface area contributed by atoms with Crippen LogP contribution in [0.15, 0.2) is 18.2 Å². The molecule has 0 radical (unpaired) electrons. The molecule has 1 aromatic carbocycles. The molecular formula is C15H24ClN3O. The van der Waals surface area contributed by atoms with Crippen LogP contribution in [0.25, 0.3) is 0 Å². The van der Waals surface area contributed by atoms with E-state index in [0.29, 0.717) is 28.7 Å². The fraction of sp³-hybridized carbons (Fsp3) is 0.533. The Balaban J connectivity index is 2.34. The molecule has 20 heavy (non-hydrogen) atoms. The van der Waals surface area contributed by atoms with Crippen molar-refractivity contribution in [1.29, 1.82) is 0 Å². The number of nitrogens with zero attached hydrogens (tertiary/aromatic N) is 1. The topological polar surface area (TPSA) is 58.4 Å². The van der Waals surface area contributed by atoms with Crippen LogP contribution in [0.2, 0.25) is 5.02 Å². The largest absolute Gasteiger partial charge is 0.397 e. The number of anilines is 2. The first-order valence-electron chi connectivity index (χ1n) is 6.92. The van der Waals surface area contributed by atoms with Crippen LogP contribution >= 0.6 is 11.6 Å². The summed E-state index contributed by atoms with van der Waals surface area (Å²) in [5.41, 5.74) is 6.85. The predicted molar refractivity (Wildman–Crippen MR) is 86.1 cm³/mol. The van der Waals surface area contributed by atoms with Crippen LogP contribution in [-0.2, 0) is 4.79 Å². The van der Waals surface area contributed by atoms with E-state index in [-0.39, 0.29) is 5.91 Å². The Morgan fingerprint density at radius 3 is 2.70 bits per heavy atom. The monoisotopic (exact) mass is 297 g/mol. The van der Waals surface area contributed by atoms with Gasteiger partial charge in [0.25, 0.3) is 0 Å². The van der Waals surface area contributed by atoms with Crippen molar-refractivity contribution in [3.8, 4) is 0 Å². The van der Waals surface area contributed by atoms with Gasteiger partial charge in [-0.2, -0.15) is 0 Å². The minimum absolute atomic E-state index is 0.0110. The van der Waals surface area contributed by atoms with E-state index in [0.717, 1.165) is 19.5 Å². The summed E-state index contributed by atoms with van der Waals surface area (Å²) in [6.07, 6.45) is 1.61. The lowest BCUT2D eigenvalue weighted by atomic mass is 10.1.